The number of nitriles is 1. The van der Waals surface area contributed by atoms with Crippen LogP contribution in [0.1, 0.15) is 23.9 Å². The Hall–Kier alpha value is -3.53. The molecule has 0 atom stereocenters. The predicted molar refractivity (Wildman–Crippen MR) is 100 cm³/mol. The van der Waals surface area contributed by atoms with Crippen molar-refractivity contribution in [1.29, 1.82) is 5.26 Å². The maximum atomic E-state index is 12.4. The van der Waals surface area contributed by atoms with Crippen molar-refractivity contribution in [3.05, 3.63) is 58.9 Å². The van der Waals surface area contributed by atoms with Gasteiger partial charge in [-0.1, -0.05) is 12.1 Å². The van der Waals surface area contributed by atoms with Crippen molar-refractivity contribution in [2.45, 2.75) is 20.8 Å². The summed E-state index contributed by atoms with van der Waals surface area (Å²) in [4.78, 5) is 23.6. The Morgan fingerprint density at radius 1 is 1.15 bits per heavy atom. The van der Waals surface area contributed by atoms with Crippen molar-refractivity contribution in [3.63, 3.8) is 0 Å². The molecule has 0 bridgehead atoms. The molecule has 0 spiro atoms. The van der Waals surface area contributed by atoms with Crippen LogP contribution in [-0.2, 0) is 14.3 Å². The number of aryl methyl sites for hydroxylation is 2. The van der Waals surface area contributed by atoms with Crippen LogP contribution in [0.25, 0.3) is 6.08 Å². The molecule has 1 N–H and O–H groups in total. The molecule has 1 heterocycles. The molecule has 0 unspecified atom stereocenters. The molecule has 7 nitrogen and oxygen atoms in total. The van der Waals surface area contributed by atoms with E-state index < -0.39 is 11.9 Å². The average molecular weight is 367 g/mol. The molecular formula is C20H21N3O4. The highest BCUT2D eigenvalue weighted by molar-refractivity contribution is 6.06. The quantitative estimate of drug-likeness (QED) is 0.461. The second-order valence-electron chi connectivity index (χ2n) is 5.72. The Bertz CT molecular complexity index is 869. The smallest absolute Gasteiger partial charge is 0.344 e. The first-order valence-electron chi connectivity index (χ1n) is 8.41. The van der Waals surface area contributed by atoms with Crippen LogP contribution in [0.2, 0.25) is 0 Å². The summed E-state index contributed by atoms with van der Waals surface area (Å²) in [6.45, 7) is 5.56. The fraction of sp³-hybridized carbons (Fsp3) is 0.250. The zero-order chi connectivity index (χ0) is 19.8. The number of hydrogen-bond acceptors (Lipinski definition) is 5. The van der Waals surface area contributed by atoms with Gasteiger partial charge in [0.1, 0.15) is 17.4 Å². The van der Waals surface area contributed by atoms with Gasteiger partial charge in [-0.2, -0.15) is 5.26 Å². The van der Waals surface area contributed by atoms with Crippen LogP contribution in [0.5, 0.6) is 5.75 Å². The third-order valence-corrected chi connectivity index (χ3v) is 3.70. The molecule has 0 saturated heterocycles. The molecule has 0 radical (unpaired) electrons. The molecule has 27 heavy (non-hydrogen) atoms. The van der Waals surface area contributed by atoms with E-state index in [-0.39, 0.29) is 12.2 Å². The highest BCUT2D eigenvalue weighted by Gasteiger charge is 2.11. The van der Waals surface area contributed by atoms with Crippen LogP contribution in [-0.4, -0.2) is 29.8 Å². The summed E-state index contributed by atoms with van der Waals surface area (Å²) in [5.41, 5.74) is 5.05. The number of nitrogens with one attached hydrogen (secondary N) is 1. The zero-order valence-electron chi connectivity index (χ0n) is 15.5. The van der Waals surface area contributed by atoms with Crippen molar-refractivity contribution < 1.29 is 19.1 Å². The number of carbonyl (C=O) groups is 2. The van der Waals surface area contributed by atoms with E-state index in [1.807, 2.05) is 32.0 Å². The molecule has 0 aliphatic rings. The number of carbonyl (C=O) groups excluding carboxylic acids is 2. The molecule has 7 heteroatoms. The molecular weight excluding hydrogens is 346 g/mol. The van der Waals surface area contributed by atoms with Crippen LogP contribution in [0.3, 0.4) is 0 Å². The van der Waals surface area contributed by atoms with Crippen LogP contribution < -0.4 is 10.2 Å². The van der Waals surface area contributed by atoms with Gasteiger partial charge in [0, 0.05) is 11.4 Å². The second-order valence-corrected chi connectivity index (χ2v) is 5.72. The molecule has 2 rings (SSSR count). The first kappa shape index (κ1) is 19.8. The Labute approximate surface area is 157 Å². The lowest BCUT2D eigenvalue weighted by Gasteiger charge is -2.10. The van der Waals surface area contributed by atoms with E-state index in [1.165, 1.54) is 6.08 Å². The lowest BCUT2D eigenvalue weighted by Crippen LogP contribution is -2.25. The molecule has 0 fully saturated rings. The summed E-state index contributed by atoms with van der Waals surface area (Å²) in [5, 5.41) is 9.31. The number of ether oxygens (including phenoxy) is 2. The SMILES string of the molecule is CCOC(=O)COc1ccc(/C=C(/C#N)C(=O)Nn2c(C)ccc2C)cc1. The fourth-order valence-corrected chi connectivity index (χ4v) is 2.33. The minimum Gasteiger partial charge on any atom is -0.482 e. The zero-order valence-corrected chi connectivity index (χ0v) is 15.5. The summed E-state index contributed by atoms with van der Waals surface area (Å²) in [5.74, 6) is -0.454. The summed E-state index contributed by atoms with van der Waals surface area (Å²) in [6.07, 6.45) is 1.48. The highest BCUT2D eigenvalue weighted by atomic mass is 16.6. The first-order chi connectivity index (χ1) is 12.9. The van der Waals surface area contributed by atoms with Crippen molar-refractivity contribution in [1.82, 2.24) is 4.68 Å². The molecule has 0 aliphatic heterocycles. The lowest BCUT2D eigenvalue weighted by atomic mass is 10.1. The third-order valence-electron chi connectivity index (χ3n) is 3.70. The average Bonchev–Trinajstić information content (AvgIpc) is 2.97. The fourth-order valence-electron chi connectivity index (χ4n) is 2.33. The summed E-state index contributed by atoms with van der Waals surface area (Å²) < 4.78 is 11.7. The minimum atomic E-state index is -0.498. The topological polar surface area (TPSA) is 93.3 Å². The number of benzene rings is 1. The van der Waals surface area contributed by atoms with E-state index in [2.05, 4.69) is 5.43 Å². The van der Waals surface area contributed by atoms with Gasteiger partial charge >= 0.3 is 5.97 Å². The lowest BCUT2D eigenvalue weighted by molar-refractivity contribution is -0.145. The van der Waals surface area contributed by atoms with Gasteiger partial charge in [-0.25, -0.2) is 4.79 Å². The van der Waals surface area contributed by atoms with Gasteiger partial charge < -0.3 is 9.47 Å². The number of amides is 1. The van der Waals surface area contributed by atoms with E-state index in [0.717, 1.165) is 11.4 Å². The van der Waals surface area contributed by atoms with E-state index >= 15 is 0 Å². The Morgan fingerprint density at radius 2 is 1.78 bits per heavy atom. The maximum absolute atomic E-state index is 12.4. The molecule has 1 aromatic heterocycles. The van der Waals surface area contributed by atoms with Crippen molar-refractivity contribution >= 4 is 18.0 Å². The van der Waals surface area contributed by atoms with E-state index in [4.69, 9.17) is 9.47 Å². The monoisotopic (exact) mass is 367 g/mol. The maximum Gasteiger partial charge on any atom is 0.344 e. The van der Waals surface area contributed by atoms with Gasteiger partial charge in [0.2, 0.25) is 0 Å². The number of nitrogens with zero attached hydrogens (tertiary/aromatic N) is 2. The molecule has 0 saturated carbocycles. The highest BCUT2D eigenvalue weighted by Crippen LogP contribution is 2.15. The molecule has 140 valence electrons. The van der Waals surface area contributed by atoms with Crippen LogP contribution in [0, 0.1) is 25.2 Å². The Balaban J connectivity index is 2.05. The summed E-state index contributed by atoms with van der Waals surface area (Å²) in [7, 11) is 0. The molecule has 0 aliphatic carbocycles. The van der Waals surface area contributed by atoms with Crippen LogP contribution in [0.4, 0.5) is 0 Å². The Morgan fingerprint density at radius 3 is 2.33 bits per heavy atom. The standard InChI is InChI=1S/C20H21N3O4/c1-4-26-19(24)13-27-18-9-7-16(8-10-18)11-17(12-21)20(25)22-23-14(2)5-6-15(23)3/h5-11H,4,13H2,1-3H3,(H,22,25)/b17-11-. The molecule has 2 aromatic rings. The largest absolute Gasteiger partial charge is 0.482 e. The second kappa shape index (κ2) is 9.25. The van der Waals surface area contributed by atoms with Crippen molar-refractivity contribution in [2.75, 3.05) is 18.6 Å². The van der Waals surface area contributed by atoms with Gasteiger partial charge in [0.15, 0.2) is 6.61 Å². The van der Waals surface area contributed by atoms with E-state index in [1.54, 1.807) is 35.9 Å². The third kappa shape index (κ3) is 5.47. The number of esters is 1. The van der Waals surface area contributed by atoms with E-state index in [0.29, 0.717) is 17.9 Å². The number of hydrogen-bond donors (Lipinski definition) is 1. The van der Waals surface area contributed by atoms with Crippen LogP contribution in [0.15, 0.2) is 42.0 Å². The van der Waals surface area contributed by atoms with Gasteiger partial charge in [-0.15, -0.1) is 0 Å². The predicted octanol–water partition coefficient (Wildman–Crippen LogP) is 2.72. The minimum absolute atomic E-state index is 0.0253. The van der Waals surface area contributed by atoms with Crippen molar-refractivity contribution in [2.24, 2.45) is 0 Å². The Kier molecular flexibility index (Phi) is 6.78. The molecule has 1 aromatic carbocycles. The molecule has 1 amide bonds. The number of aromatic nitrogens is 1. The van der Waals surface area contributed by atoms with Crippen LogP contribution >= 0.6 is 0 Å². The van der Waals surface area contributed by atoms with Gasteiger partial charge in [0.05, 0.1) is 6.61 Å². The van der Waals surface area contributed by atoms with Gasteiger partial charge in [-0.05, 0) is 56.7 Å². The normalized spacial score (nSPS) is 10.8. The van der Waals surface area contributed by atoms with Crippen molar-refractivity contribution in [3.8, 4) is 11.8 Å². The van der Waals surface area contributed by atoms with Gasteiger partial charge in [-0.3, -0.25) is 14.9 Å². The van der Waals surface area contributed by atoms with E-state index in [9.17, 15) is 14.9 Å². The van der Waals surface area contributed by atoms with Gasteiger partial charge in [0.25, 0.3) is 5.91 Å². The first-order valence-corrected chi connectivity index (χ1v) is 8.41. The summed E-state index contributed by atoms with van der Waals surface area (Å²) >= 11 is 0. The summed E-state index contributed by atoms with van der Waals surface area (Å²) in [6, 6.07) is 12.3. The number of rotatable bonds is 7.